The number of nitrogens with one attached hydrogen (secondary N) is 2. The van der Waals surface area contributed by atoms with Crippen LogP contribution in [0.5, 0.6) is 0 Å². The van der Waals surface area contributed by atoms with Gasteiger partial charge >= 0.3 is 5.69 Å². The molecule has 1 aromatic heterocycles. The molecule has 2 N–H and O–H groups in total. The summed E-state index contributed by atoms with van der Waals surface area (Å²) in [5.41, 5.74) is 3.28. The van der Waals surface area contributed by atoms with Crippen molar-refractivity contribution in [1.82, 2.24) is 14.8 Å². The number of carbonyl (C=O) groups excluding carboxylic acids is 1. The molecule has 7 nitrogen and oxygen atoms in total. The number of amides is 1. The van der Waals surface area contributed by atoms with Crippen molar-refractivity contribution in [2.45, 2.75) is 49.9 Å². The van der Waals surface area contributed by atoms with Crippen LogP contribution in [0.1, 0.15) is 30.4 Å². The molecule has 0 bridgehead atoms. The van der Waals surface area contributed by atoms with Gasteiger partial charge in [0.2, 0.25) is 5.91 Å². The Hall–Kier alpha value is -2.06. The van der Waals surface area contributed by atoms with E-state index in [-0.39, 0.29) is 23.5 Å². The van der Waals surface area contributed by atoms with Crippen LogP contribution in [-0.4, -0.2) is 39.1 Å². The molecule has 0 spiro atoms. The molecule has 138 valence electrons. The van der Waals surface area contributed by atoms with E-state index >= 15 is 0 Å². The van der Waals surface area contributed by atoms with Crippen molar-refractivity contribution in [2.24, 2.45) is 0 Å². The molecule has 1 aliphatic heterocycles. The molecule has 1 aromatic carbocycles. The van der Waals surface area contributed by atoms with Crippen molar-refractivity contribution >= 4 is 23.4 Å². The Kier molecular flexibility index (Phi) is 5.12. The standard InChI is InChI=1S/C18H22N4O3S/c23-16(19-14-7-6-12-3-1-4-13(12)9-14)11-26-18-21-20-17(24)22(18)10-15-5-2-8-25-15/h6-7,9,15H,1-5,8,10-11H2,(H,19,23)(H,20,24)/t15-/m1/s1. The first kappa shape index (κ1) is 17.4. The lowest BCUT2D eigenvalue weighted by Gasteiger charge is -2.11. The molecule has 1 amide bonds. The maximum atomic E-state index is 12.3. The number of fused-ring (bicyclic) bond motifs is 1. The van der Waals surface area contributed by atoms with Crippen molar-refractivity contribution < 1.29 is 9.53 Å². The second-order valence-electron chi connectivity index (χ2n) is 6.73. The summed E-state index contributed by atoms with van der Waals surface area (Å²) in [6, 6.07) is 6.11. The van der Waals surface area contributed by atoms with Gasteiger partial charge in [0.1, 0.15) is 0 Å². The van der Waals surface area contributed by atoms with Crippen LogP contribution in [0, 0.1) is 0 Å². The van der Waals surface area contributed by atoms with Crippen LogP contribution in [0.15, 0.2) is 28.2 Å². The third-order valence-electron chi connectivity index (χ3n) is 4.85. The summed E-state index contributed by atoms with van der Waals surface area (Å²) in [7, 11) is 0. The molecule has 1 atom stereocenters. The zero-order valence-electron chi connectivity index (χ0n) is 14.5. The number of hydrogen-bond donors (Lipinski definition) is 2. The number of aromatic amines is 1. The SMILES string of the molecule is O=C(CSc1n[nH]c(=O)n1C[C@H]1CCCO1)Nc1ccc2c(c1)CCC2. The molecular weight excluding hydrogens is 352 g/mol. The van der Waals surface area contributed by atoms with Crippen LogP contribution >= 0.6 is 11.8 Å². The quantitative estimate of drug-likeness (QED) is 0.755. The van der Waals surface area contributed by atoms with Gasteiger partial charge in [-0.15, -0.1) is 5.10 Å². The number of aromatic nitrogens is 3. The third kappa shape index (κ3) is 3.86. The molecule has 1 aliphatic carbocycles. The highest BCUT2D eigenvalue weighted by molar-refractivity contribution is 7.99. The van der Waals surface area contributed by atoms with E-state index < -0.39 is 0 Å². The molecule has 4 rings (SSSR count). The number of nitrogens with zero attached hydrogens (tertiary/aromatic N) is 2. The number of thioether (sulfide) groups is 1. The lowest BCUT2D eigenvalue weighted by Crippen LogP contribution is -2.25. The van der Waals surface area contributed by atoms with Gasteiger partial charge in [-0.2, -0.15) is 0 Å². The molecule has 0 radical (unpaired) electrons. The second-order valence-corrected chi connectivity index (χ2v) is 7.67. The topological polar surface area (TPSA) is 89.0 Å². The molecular formula is C18H22N4O3S. The van der Waals surface area contributed by atoms with E-state index in [1.807, 2.05) is 6.07 Å². The third-order valence-corrected chi connectivity index (χ3v) is 5.82. The van der Waals surface area contributed by atoms with Crippen molar-refractivity contribution in [3.8, 4) is 0 Å². The van der Waals surface area contributed by atoms with E-state index in [9.17, 15) is 9.59 Å². The normalized spacial score (nSPS) is 18.8. The maximum absolute atomic E-state index is 12.3. The molecule has 2 aliphatic rings. The fourth-order valence-corrected chi connectivity index (χ4v) is 4.30. The first-order valence-electron chi connectivity index (χ1n) is 9.00. The van der Waals surface area contributed by atoms with Gasteiger partial charge in [-0.05, 0) is 55.4 Å². The molecule has 2 heterocycles. The Labute approximate surface area is 155 Å². The Bertz CT molecular complexity index is 854. The van der Waals surface area contributed by atoms with Gasteiger partial charge in [0.15, 0.2) is 5.16 Å². The van der Waals surface area contributed by atoms with Gasteiger partial charge in [-0.3, -0.25) is 9.36 Å². The smallest absolute Gasteiger partial charge is 0.344 e. The highest BCUT2D eigenvalue weighted by Crippen LogP contribution is 2.25. The predicted molar refractivity (Wildman–Crippen MR) is 99.6 cm³/mol. The highest BCUT2D eigenvalue weighted by atomic mass is 32.2. The number of rotatable bonds is 6. The van der Waals surface area contributed by atoms with Crippen molar-refractivity contribution in [1.29, 1.82) is 0 Å². The Morgan fingerprint density at radius 3 is 3.08 bits per heavy atom. The van der Waals surface area contributed by atoms with Crippen LogP contribution in [0.3, 0.4) is 0 Å². The van der Waals surface area contributed by atoms with Gasteiger partial charge in [0.05, 0.1) is 18.4 Å². The maximum Gasteiger partial charge on any atom is 0.344 e. The first-order valence-corrected chi connectivity index (χ1v) is 9.99. The Morgan fingerprint density at radius 2 is 2.23 bits per heavy atom. The van der Waals surface area contributed by atoms with Gasteiger partial charge in [-0.1, -0.05) is 17.8 Å². The van der Waals surface area contributed by atoms with E-state index in [0.717, 1.165) is 38.0 Å². The van der Waals surface area contributed by atoms with Crippen LogP contribution < -0.4 is 11.0 Å². The number of aryl methyl sites for hydroxylation is 2. The number of anilines is 1. The van der Waals surface area contributed by atoms with E-state index in [4.69, 9.17) is 4.74 Å². The number of ether oxygens (including phenoxy) is 1. The van der Waals surface area contributed by atoms with Crippen molar-refractivity contribution in [2.75, 3.05) is 17.7 Å². The summed E-state index contributed by atoms with van der Waals surface area (Å²) >= 11 is 1.26. The fourth-order valence-electron chi connectivity index (χ4n) is 3.54. The minimum absolute atomic E-state index is 0.0462. The van der Waals surface area contributed by atoms with Crippen LogP contribution in [0.25, 0.3) is 0 Å². The number of benzene rings is 1. The molecule has 0 unspecified atom stereocenters. The molecule has 1 fully saturated rings. The number of hydrogen-bond acceptors (Lipinski definition) is 5. The van der Waals surface area contributed by atoms with Crippen LogP contribution in [-0.2, 0) is 28.9 Å². The number of carbonyl (C=O) groups is 1. The lowest BCUT2D eigenvalue weighted by molar-refractivity contribution is -0.113. The monoisotopic (exact) mass is 374 g/mol. The Morgan fingerprint density at radius 1 is 1.35 bits per heavy atom. The average molecular weight is 374 g/mol. The second kappa shape index (κ2) is 7.67. The van der Waals surface area contributed by atoms with Crippen LogP contribution in [0.2, 0.25) is 0 Å². The molecule has 2 aromatic rings. The molecule has 1 saturated heterocycles. The summed E-state index contributed by atoms with van der Waals surface area (Å²) in [6.07, 6.45) is 5.40. The molecule has 26 heavy (non-hydrogen) atoms. The summed E-state index contributed by atoms with van der Waals surface area (Å²) in [5, 5.41) is 9.95. The van der Waals surface area contributed by atoms with Crippen LogP contribution in [0.4, 0.5) is 5.69 Å². The van der Waals surface area contributed by atoms with Gasteiger partial charge in [0.25, 0.3) is 0 Å². The molecule has 0 saturated carbocycles. The average Bonchev–Trinajstić information content (AvgIpc) is 3.36. The fraction of sp³-hybridized carbons (Fsp3) is 0.500. The minimum atomic E-state index is -0.262. The highest BCUT2D eigenvalue weighted by Gasteiger charge is 2.20. The molecule has 8 heteroatoms. The first-order chi connectivity index (χ1) is 12.7. The van der Waals surface area contributed by atoms with E-state index in [1.165, 1.54) is 29.3 Å². The van der Waals surface area contributed by atoms with E-state index in [1.54, 1.807) is 4.57 Å². The largest absolute Gasteiger partial charge is 0.376 e. The lowest BCUT2D eigenvalue weighted by atomic mass is 10.1. The summed E-state index contributed by atoms with van der Waals surface area (Å²) in [6.45, 7) is 1.22. The van der Waals surface area contributed by atoms with E-state index in [0.29, 0.717) is 11.7 Å². The van der Waals surface area contributed by atoms with Gasteiger partial charge in [0, 0.05) is 12.3 Å². The number of H-pyrrole nitrogens is 1. The summed E-state index contributed by atoms with van der Waals surface area (Å²) in [5.74, 6) is 0.0967. The summed E-state index contributed by atoms with van der Waals surface area (Å²) < 4.78 is 7.15. The zero-order valence-corrected chi connectivity index (χ0v) is 15.3. The minimum Gasteiger partial charge on any atom is -0.376 e. The Balaban J connectivity index is 1.35. The predicted octanol–water partition coefficient (Wildman–Crippen LogP) is 1.97. The zero-order chi connectivity index (χ0) is 17.9. The van der Waals surface area contributed by atoms with Crippen molar-refractivity contribution in [3.05, 3.63) is 39.8 Å². The van der Waals surface area contributed by atoms with Gasteiger partial charge < -0.3 is 10.1 Å². The summed E-state index contributed by atoms with van der Waals surface area (Å²) in [4.78, 5) is 24.2. The van der Waals surface area contributed by atoms with Crippen molar-refractivity contribution in [3.63, 3.8) is 0 Å². The van der Waals surface area contributed by atoms with Gasteiger partial charge in [-0.25, -0.2) is 9.89 Å². The van der Waals surface area contributed by atoms with E-state index in [2.05, 4.69) is 27.6 Å².